The first-order valence-electron chi connectivity index (χ1n) is 9.26. The molecule has 1 aliphatic rings. The molecule has 0 bridgehead atoms. The van der Waals surface area contributed by atoms with Crippen LogP contribution in [0, 0.1) is 6.92 Å². The van der Waals surface area contributed by atoms with Crippen molar-refractivity contribution >= 4 is 34.0 Å². The number of hydrogen-bond acceptors (Lipinski definition) is 5. The Balaban J connectivity index is 1.43. The van der Waals surface area contributed by atoms with Crippen LogP contribution in [0.5, 0.6) is 0 Å². The van der Waals surface area contributed by atoms with E-state index in [2.05, 4.69) is 20.2 Å². The zero-order chi connectivity index (χ0) is 19.5. The lowest BCUT2D eigenvalue weighted by atomic mass is 10.1. The SMILES string of the molecule is Cc1ccc(C(=O)Nc2nc([C@@H]3CCCN3Cc3ccc(Cl)cn3)cs2)cc1. The van der Waals surface area contributed by atoms with Crippen molar-refractivity contribution < 1.29 is 4.79 Å². The van der Waals surface area contributed by atoms with Crippen LogP contribution in [0.3, 0.4) is 0 Å². The van der Waals surface area contributed by atoms with Gasteiger partial charge in [0.1, 0.15) is 0 Å². The zero-order valence-corrected chi connectivity index (χ0v) is 17.1. The standard InChI is InChI=1S/C21H21ClN4OS/c1-14-4-6-15(7-5-14)20(27)25-21-24-18(13-28-21)19-3-2-10-26(19)12-17-9-8-16(22)11-23-17/h4-9,11,13,19H,2-3,10,12H2,1H3,(H,24,25,27)/t19-/m0/s1. The lowest BCUT2D eigenvalue weighted by molar-refractivity contribution is 0.102. The molecule has 1 N–H and O–H groups in total. The first kappa shape index (κ1) is 19.1. The van der Waals surface area contributed by atoms with Crippen LogP contribution in [0.15, 0.2) is 48.0 Å². The van der Waals surface area contributed by atoms with Gasteiger partial charge in [-0.05, 0) is 50.6 Å². The van der Waals surface area contributed by atoms with Crippen molar-refractivity contribution in [3.63, 3.8) is 0 Å². The van der Waals surface area contributed by atoms with Gasteiger partial charge in [-0.25, -0.2) is 4.98 Å². The van der Waals surface area contributed by atoms with Crippen LogP contribution < -0.4 is 5.32 Å². The minimum absolute atomic E-state index is 0.130. The van der Waals surface area contributed by atoms with Gasteiger partial charge in [0.2, 0.25) is 0 Å². The molecule has 4 rings (SSSR count). The normalized spacial score (nSPS) is 17.0. The summed E-state index contributed by atoms with van der Waals surface area (Å²) in [5.41, 5.74) is 3.78. The Morgan fingerprint density at radius 3 is 2.86 bits per heavy atom. The highest BCUT2D eigenvalue weighted by molar-refractivity contribution is 7.14. The third-order valence-corrected chi connectivity index (χ3v) is 5.91. The highest BCUT2D eigenvalue weighted by atomic mass is 35.5. The van der Waals surface area contributed by atoms with Crippen molar-refractivity contribution in [2.45, 2.75) is 32.4 Å². The predicted octanol–water partition coefficient (Wildman–Crippen LogP) is 5.09. The third kappa shape index (κ3) is 4.41. The van der Waals surface area contributed by atoms with Gasteiger partial charge in [-0.2, -0.15) is 0 Å². The average Bonchev–Trinajstić information content (AvgIpc) is 3.33. The molecule has 7 heteroatoms. The fourth-order valence-electron chi connectivity index (χ4n) is 3.43. The van der Waals surface area contributed by atoms with Crippen molar-refractivity contribution in [1.82, 2.24) is 14.9 Å². The van der Waals surface area contributed by atoms with Gasteiger partial charge >= 0.3 is 0 Å². The Hall–Kier alpha value is -2.28. The summed E-state index contributed by atoms with van der Waals surface area (Å²) in [6.07, 6.45) is 3.87. The smallest absolute Gasteiger partial charge is 0.257 e. The Bertz CT molecular complexity index is 955. The molecule has 1 amide bonds. The lowest BCUT2D eigenvalue weighted by Gasteiger charge is -2.22. The average molecular weight is 413 g/mol. The highest BCUT2D eigenvalue weighted by Crippen LogP contribution is 2.34. The summed E-state index contributed by atoms with van der Waals surface area (Å²) in [5.74, 6) is -0.130. The van der Waals surface area contributed by atoms with Gasteiger partial charge in [0.25, 0.3) is 5.91 Å². The summed E-state index contributed by atoms with van der Waals surface area (Å²) in [6, 6.07) is 11.6. The summed E-state index contributed by atoms with van der Waals surface area (Å²) in [4.78, 5) is 23.9. The topological polar surface area (TPSA) is 58.1 Å². The number of thiazole rings is 1. The molecule has 3 heterocycles. The molecule has 0 unspecified atom stereocenters. The molecule has 144 valence electrons. The maximum absolute atomic E-state index is 12.4. The molecule has 0 saturated carbocycles. The molecule has 1 atom stereocenters. The Morgan fingerprint density at radius 2 is 2.11 bits per heavy atom. The number of benzene rings is 1. The van der Waals surface area contributed by atoms with Crippen LogP contribution >= 0.6 is 22.9 Å². The predicted molar refractivity (Wildman–Crippen MR) is 113 cm³/mol. The minimum Gasteiger partial charge on any atom is -0.298 e. The molecule has 0 spiro atoms. The molecule has 2 aromatic heterocycles. The van der Waals surface area contributed by atoms with Crippen molar-refractivity contribution in [3.05, 3.63) is 75.5 Å². The molecular formula is C21H21ClN4OS. The number of aryl methyl sites for hydroxylation is 1. The van der Waals surface area contributed by atoms with Crippen LogP contribution in [-0.4, -0.2) is 27.3 Å². The number of rotatable bonds is 5. The molecule has 1 fully saturated rings. The second-order valence-electron chi connectivity index (χ2n) is 6.99. The first-order chi connectivity index (χ1) is 13.6. The molecule has 28 heavy (non-hydrogen) atoms. The molecule has 1 aromatic carbocycles. The summed E-state index contributed by atoms with van der Waals surface area (Å²) >= 11 is 7.40. The largest absolute Gasteiger partial charge is 0.298 e. The number of carbonyl (C=O) groups is 1. The van der Waals surface area contributed by atoms with E-state index >= 15 is 0 Å². The van der Waals surface area contributed by atoms with E-state index in [1.54, 1.807) is 6.20 Å². The fraction of sp³-hybridized carbons (Fsp3) is 0.286. The van der Waals surface area contributed by atoms with E-state index in [-0.39, 0.29) is 11.9 Å². The Labute approximate surface area is 173 Å². The van der Waals surface area contributed by atoms with Gasteiger partial charge in [0.05, 0.1) is 22.5 Å². The summed E-state index contributed by atoms with van der Waals surface area (Å²) in [7, 11) is 0. The summed E-state index contributed by atoms with van der Waals surface area (Å²) < 4.78 is 0. The zero-order valence-electron chi connectivity index (χ0n) is 15.6. The van der Waals surface area contributed by atoms with Crippen molar-refractivity contribution in [2.75, 3.05) is 11.9 Å². The Morgan fingerprint density at radius 1 is 1.29 bits per heavy atom. The number of carbonyl (C=O) groups excluding carboxylic acids is 1. The minimum atomic E-state index is -0.130. The number of pyridine rings is 1. The van der Waals surface area contributed by atoms with Gasteiger partial charge in [-0.3, -0.25) is 20.0 Å². The number of anilines is 1. The number of nitrogens with zero attached hydrogens (tertiary/aromatic N) is 3. The van der Waals surface area contributed by atoms with Gasteiger partial charge < -0.3 is 0 Å². The maximum atomic E-state index is 12.4. The lowest BCUT2D eigenvalue weighted by Crippen LogP contribution is -2.23. The van der Waals surface area contributed by atoms with Crippen LogP contribution in [0.4, 0.5) is 5.13 Å². The monoisotopic (exact) mass is 412 g/mol. The molecule has 1 saturated heterocycles. The highest BCUT2D eigenvalue weighted by Gasteiger charge is 2.28. The van der Waals surface area contributed by atoms with Gasteiger partial charge in [-0.15, -0.1) is 11.3 Å². The number of hydrogen-bond donors (Lipinski definition) is 1. The molecular weight excluding hydrogens is 392 g/mol. The molecule has 5 nitrogen and oxygen atoms in total. The van der Waals surface area contributed by atoms with Gasteiger partial charge in [0, 0.05) is 23.7 Å². The molecule has 1 aliphatic heterocycles. The van der Waals surface area contributed by atoms with Gasteiger partial charge in [-0.1, -0.05) is 29.3 Å². The van der Waals surface area contributed by atoms with Crippen LogP contribution in [-0.2, 0) is 6.54 Å². The van der Waals surface area contributed by atoms with E-state index in [4.69, 9.17) is 11.6 Å². The first-order valence-corrected chi connectivity index (χ1v) is 10.5. The second-order valence-corrected chi connectivity index (χ2v) is 8.29. The number of amides is 1. The fourth-order valence-corrected chi connectivity index (χ4v) is 4.29. The van der Waals surface area contributed by atoms with Gasteiger partial charge in [0.15, 0.2) is 5.13 Å². The van der Waals surface area contributed by atoms with E-state index in [1.165, 1.54) is 11.3 Å². The number of likely N-dealkylation sites (tertiary alicyclic amines) is 1. The Kier molecular flexibility index (Phi) is 5.71. The quantitative estimate of drug-likeness (QED) is 0.634. The van der Waals surface area contributed by atoms with Crippen LogP contribution in [0.1, 0.15) is 46.2 Å². The molecule has 3 aromatic rings. The van der Waals surface area contributed by atoms with Crippen molar-refractivity contribution in [3.8, 4) is 0 Å². The second kappa shape index (κ2) is 8.39. The number of nitrogens with one attached hydrogen (secondary N) is 1. The third-order valence-electron chi connectivity index (χ3n) is 4.91. The van der Waals surface area contributed by atoms with E-state index in [1.807, 2.05) is 48.7 Å². The van der Waals surface area contributed by atoms with Crippen LogP contribution in [0.25, 0.3) is 0 Å². The van der Waals surface area contributed by atoms with E-state index in [0.717, 1.165) is 42.9 Å². The van der Waals surface area contributed by atoms with E-state index < -0.39 is 0 Å². The molecule has 0 aliphatic carbocycles. The number of halogens is 1. The molecule has 0 radical (unpaired) electrons. The summed E-state index contributed by atoms with van der Waals surface area (Å²) in [5, 5.41) is 6.24. The van der Waals surface area contributed by atoms with Crippen molar-refractivity contribution in [2.24, 2.45) is 0 Å². The summed E-state index contributed by atoms with van der Waals surface area (Å²) in [6.45, 7) is 3.78. The van der Waals surface area contributed by atoms with E-state index in [9.17, 15) is 4.79 Å². The maximum Gasteiger partial charge on any atom is 0.257 e. The van der Waals surface area contributed by atoms with Crippen LogP contribution in [0.2, 0.25) is 5.02 Å². The van der Waals surface area contributed by atoms with Crippen molar-refractivity contribution in [1.29, 1.82) is 0 Å². The number of aromatic nitrogens is 2. The van der Waals surface area contributed by atoms with E-state index in [0.29, 0.717) is 15.7 Å².